The maximum atomic E-state index is 12.6. The summed E-state index contributed by atoms with van der Waals surface area (Å²) in [5.41, 5.74) is 3.62. The molecule has 6 nitrogen and oxygen atoms in total. The Bertz CT molecular complexity index is 1110. The SMILES string of the molecule is CCNS(=O)(=O)c1ccc(NC2C3CC4CC5CC2C45C3)c(NCc2ccncc2)c1. The summed E-state index contributed by atoms with van der Waals surface area (Å²) in [6.07, 6.45) is 9.17. The van der Waals surface area contributed by atoms with Crippen molar-refractivity contribution in [2.45, 2.75) is 50.1 Å². The third-order valence-corrected chi connectivity index (χ3v) is 10.2. The quantitative estimate of drug-likeness (QED) is 0.583. The fraction of sp³-hybridized carbons (Fsp3) is 0.542. The van der Waals surface area contributed by atoms with E-state index in [0.29, 0.717) is 29.4 Å². The van der Waals surface area contributed by atoms with Gasteiger partial charge in [-0.25, -0.2) is 13.1 Å². The van der Waals surface area contributed by atoms with E-state index in [1.54, 1.807) is 31.5 Å². The molecule has 7 heteroatoms. The van der Waals surface area contributed by atoms with Gasteiger partial charge in [-0.05, 0) is 90.7 Å². The zero-order chi connectivity index (χ0) is 21.2. The van der Waals surface area contributed by atoms with Gasteiger partial charge >= 0.3 is 0 Å². The topological polar surface area (TPSA) is 83.1 Å². The van der Waals surface area contributed by atoms with Gasteiger partial charge in [0.15, 0.2) is 0 Å². The molecule has 4 aliphatic rings. The van der Waals surface area contributed by atoms with Crippen LogP contribution in [0.4, 0.5) is 11.4 Å². The molecule has 4 aliphatic carbocycles. The van der Waals surface area contributed by atoms with Crippen molar-refractivity contribution in [3.63, 3.8) is 0 Å². The molecule has 0 amide bonds. The molecular formula is C24H30N4O2S. The minimum atomic E-state index is -3.51. The predicted octanol–water partition coefficient (Wildman–Crippen LogP) is 3.84. The van der Waals surface area contributed by atoms with Gasteiger partial charge in [0, 0.05) is 31.5 Å². The lowest BCUT2D eigenvalue weighted by atomic mass is 9.38. The summed E-state index contributed by atoms with van der Waals surface area (Å²) in [4.78, 5) is 4.38. The highest BCUT2D eigenvalue weighted by Crippen LogP contribution is 2.81. The van der Waals surface area contributed by atoms with Crippen molar-refractivity contribution in [1.82, 2.24) is 9.71 Å². The molecule has 1 aromatic carbocycles. The van der Waals surface area contributed by atoms with Crippen LogP contribution in [-0.2, 0) is 16.6 Å². The number of sulfonamides is 1. The number of hydrogen-bond acceptors (Lipinski definition) is 5. The lowest BCUT2D eigenvalue weighted by molar-refractivity contribution is -0.178. The normalized spacial score (nSPS) is 34.5. The molecule has 2 aromatic rings. The van der Waals surface area contributed by atoms with Crippen molar-refractivity contribution in [1.29, 1.82) is 0 Å². The van der Waals surface area contributed by atoms with Gasteiger partial charge in [0.25, 0.3) is 0 Å². The number of nitrogens with one attached hydrogen (secondary N) is 3. The summed E-state index contributed by atoms with van der Waals surface area (Å²) in [5, 5.41) is 7.34. The molecule has 1 heterocycles. The third-order valence-electron chi connectivity index (χ3n) is 8.65. The summed E-state index contributed by atoms with van der Waals surface area (Å²) >= 11 is 0. The highest BCUT2D eigenvalue weighted by molar-refractivity contribution is 7.89. The maximum Gasteiger partial charge on any atom is 0.240 e. The maximum absolute atomic E-state index is 12.6. The van der Waals surface area contributed by atoms with Crippen LogP contribution in [0, 0.1) is 29.1 Å². The number of rotatable bonds is 8. The Morgan fingerprint density at radius 2 is 1.87 bits per heavy atom. The highest BCUT2D eigenvalue weighted by atomic mass is 32.2. The zero-order valence-electron chi connectivity index (χ0n) is 17.8. The molecule has 6 unspecified atom stereocenters. The summed E-state index contributed by atoms with van der Waals surface area (Å²) in [6.45, 7) is 2.79. The predicted molar refractivity (Wildman–Crippen MR) is 121 cm³/mol. The van der Waals surface area contributed by atoms with E-state index in [4.69, 9.17) is 0 Å². The van der Waals surface area contributed by atoms with E-state index in [2.05, 4.69) is 20.3 Å². The number of hydrogen-bond donors (Lipinski definition) is 3. The molecule has 0 aliphatic heterocycles. The number of nitrogens with zero attached hydrogens (tertiary/aromatic N) is 1. The van der Waals surface area contributed by atoms with Gasteiger partial charge < -0.3 is 10.6 Å². The Hall–Kier alpha value is -2.12. The molecule has 2 bridgehead atoms. The molecule has 1 spiro atoms. The second-order valence-electron chi connectivity index (χ2n) is 9.87. The Labute approximate surface area is 184 Å². The van der Waals surface area contributed by atoms with Crippen LogP contribution in [0.15, 0.2) is 47.6 Å². The van der Waals surface area contributed by atoms with Gasteiger partial charge in [0.05, 0.1) is 16.3 Å². The van der Waals surface area contributed by atoms with Crippen LogP contribution in [0.1, 0.15) is 38.2 Å². The molecule has 4 saturated carbocycles. The molecule has 164 valence electrons. The van der Waals surface area contributed by atoms with Crippen molar-refractivity contribution >= 4 is 21.4 Å². The van der Waals surface area contributed by atoms with Gasteiger partial charge in [0.1, 0.15) is 0 Å². The average Bonchev–Trinajstić information content (AvgIpc) is 3.25. The molecule has 6 atom stereocenters. The minimum absolute atomic E-state index is 0.298. The fourth-order valence-electron chi connectivity index (χ4n) is 7.36. The first-order chi connectivity index (χ1) is 15.0. The molecule has 1 aromatic heterocycles. The van der Waals surface area contributed by atoms with Crippen LogP contribution >= 0.6 is 0 Å². The Kier molecular flexibility index (Phi) is 4.38. The van der Waals surface area contributed by atoms with E-state index in [1.165, 1.54) is 25.7 Å². The van der Waals surface area contributed by atoms with Crippen LogP contribution < -0.4 is 15.4 Å². The van der Waals surface area contributed by atoms with Crippen molar-refractivity contribution in [3.8, 4) is 0 Å². The largest absolute Gasteiger partial charge is 0.380 e. The number of pyridine rings is 1. The minimum Gasteiger partial charge on any atom is -0.380 e. The van der Waals surface area contributed by atoms with Gasteiger partial charge in [0.2, 0.25) is 10.0 Å². The first kappa shape index (κ1) is 19.6. The number of benzene rings is 1. The van der Waals surface area contributed by atoms with E-state index >= 15 is 0 Å². The van der Waals surface area contributed by atoms with Crippen molar-refractivity contribution in [2.24, 2.45) is 29.1 Å². The first-order valence-corrected chi connectivity index (χ1v) is 13.0. The zero-order valence-corrected chi connectivity index (χ0v) is 18.7. The van der Waals surface area contributed by atoms with Crippen LogP contribution in [-0.4, -0.2) is 26.0 Å². The van der Waals surface area contributed by atoms with Crippen LogP contribution in [0.25, 0.3) is 0 Å². The smallest absolute Gasteiger partial charge is 0.240 e. The Morgan fingerprint density at radius 3 is 2.61 bits per heavy atom. The Balaban J connectivity index is 1.28. The molecule has 6 rings (SSSR count). The standard InChI is InChI=1S/C24H30N4O2S/c1-2-27-31(29,30)19-3-4-21(22(12-19)26-14-15-5-7-25-8-6-15)28-23-16-9-17-10-18-11-20(23)24(17,18)13-16/h3-8,12,16-18,20,23,26-28H,2,9-11,13-14H2,1H3. The van der Waals surface area contributed by atoms with Gasteiger partial charge in [-0.2, -0.15) is 0 Å². The van der Waals surface area contributed by atoms with E-state index < -0.39 is 10.0 Å². The van der Waals surface area contributed by atoms with Gasteiger partial charge in [-0.1, -0.05) is 6.92 Å². The molecular weight excluding hydrogens is 408 g/mol. The number of anilines is 2. The molecule has 31 heavy (non-hydrogen) atoms. The summed E-state index contributed by atoms with van der Waals surface area (Å²) < 4.78 is 27.8. The first-order valence-electron chi connectivity index (χ1n) is 11.5. The van der Waals surface area contributed by atoms with E-state index in [0.717, 1.165) is 40.6 Å². The molecule has 0 radical (unpaired) electrons. The van der Waals surface area contributed by atoms with Crippen LogP contribution in [0.3, 0.4) is 0 Å². The summed E-state index contributed by atoms with van der Waals surface area (Å²) in [6, 6.07) is 9.89. The lowest BCUT2D eigenvalue weighted by Crippen LogP contribution is -2.63. The molecule has 0 saturated heterocycles. The number of aromatic nitrogens is 1. The highest BCUT2D eigenvalue weighted by Gasteiger charge is 2.76. The second kappa shape index (κ2) is 6.94. The fourth-order valence-corrected chi connectivity index (χ4v) is 8.43. The van der Waals surface area contributed by atoms with Crippen molar-refractivity contribution in [2.75, 3.05) is 17.2 Å². The van der Waals surface area contributed by atoms with Gasteiger partial charge in [-0.3, -0.25) is 4.98 Å². The molecule has 3 N–H and O–H groups in total. The lowest BCUT2D eigenvalue weighted by Gasteiger charge is -2.67. The van der Waals surface area contributed by atoms with Crippen molar-refractivity contribution < 1.29 is 8.42 Å². The van der Waals surface area contributed by atoms with E-state index in [9.17, 15) is 8.42 Å². The monoisotopic (exact) mass is 438 g/mol. The summed E-state index contributed by atoms with van der Waals surface area (Å²) in [5.74, 6) is 3.53. The summed E-state index contributed by atoms with van der Waals surface area (Å²) in [7, 11) is -3.51. The molecule has 4 fully saturated rings. The van der Waals surface area contributed by atoms with E-state index in [1.807, 2.05) is 18.2 Å². The average molecular weight is 439 g/mol. The number of fused-ring (bicyclic) bond motifs is 1. The van der Waals surface area contributed by atoms with Gasteiger partial charge in [-0.15, -0.1) is 0 Å². The second-order valence-corrected chi connectivity index (χ2v) is 11.6. The van der Waals surface area contributed by atoms with Crippen LogP contribution in [0.5, 0.6) is 0 Å². The van der Waals surface area contributed by atoms with E-state index in [-0.39, 0.29) is 0 Å². The third kappa shape index (κ3) is 2.85. The van der Waals surface area contributed by atoms with Crippen molar-refractivity contribution in [3.05, 3.63) is 48.3 Å². The van der Waals surface area contributed by atoms with Crippen LogP contribution in [0.2, 0.25) is 0 Å². The Morgan fingerprint density at radius 1 is 1.06 bits per heavy atom.